The van der Waals surface area contributed by atoms with Gasteiger partial charge in [0.25, 0.3) is 5.56 Å². The maximum Gasteiger partial charge on any atom is 0.266 e. The molecule has 0 aromatic carbocycles. The van der Waals surface area contributed by atoms with Crippen LogP contribution in [0.5, 0.6) is 0 Å². The number of hydrogen-bond acceptors (Lipinski definition) is 4. The molecule has 1 aromatic heterocycles. The second-order valence-corrected chi connectivity index (χ2v) is 3.40. The van der Waals surface area contributed by atoms with Gasteiger partial charge >= 0.3 is 0 Å². The van der Waals surface area contributed by atoms with Gasteiger partial charge in [-0.25, -0.2) is 5.10 Å². The number of aliphatic hydroxyl groups is 1. The van der Waals surface area contributed by atoms with Crippen molar-refractivity contribution in [2.24, 2.45) is 0 Å². The fourth-order valence-corrected chi connectivity index (χ4v) is 1.30. The molecule has 0 aliphatic heterocycles. The molecule has 1 aromatic rings. The molecule has 0 spiro atoms. The lowest BCUT2D eigenvalue weighted by Gasteiger charge is -2.04. The standard InChI is InChI=1S/C10H17N3O2/c14-6-4-2-1-3-5-11-9-7-10(15)13-12-8-9/h7-8,14H,1-6H2,(H2,11,13,15). The minimum atomic E-state index is -0.194. The van der Waals surface area contributed by atoms with Crippen LogP contribution in [0.2, 0.25) is 0 Å². The second kappa shape index (κ2) is 7.00. The molecule has 0 aliphatic rings. The van der Waals surface area contributed by atoms with Gasteiger partial charge in [0.15, 0.2) is 0 Å². The summed E-state index contributed by atoms with van der Waals surface area (Å²) in [4.78, 5) is 10.9. The van der Waals surface area contributed by atoms with Gasteiger partial charge in [-0.2, -0.15) is 5.10 Å². The van der Waals surface area contributed by atoms with E-state index in [1.807, 2.05) is 0 Å². The minimum Gasteiger partial charge on any atom is -0.396 e. The SMILES string of the molecule is O=c1cc(NCCCCCCO)cn[nH]1. The number of rotatable bonds is 7. The molecule has 0 fully saturated rings. The fraction of sp³-hybridized carbons (Fsp3) is 0.600. The van der Waals surface area contributed by atoms with Crippen molar-refractivity contribution in [3.05, 3.63) is 22.6 Å². The normalized spacial score (nSPS) is 10.2. The number of anilines is 1. The average molecular weight is 211 g/mol. The van der Waals surface area contributed by atoms with E-state index in [9.17, 15) is 4.79 Å². The Morgan fingerprint density at radius 1 is 1.33 bits per heavy atom. The molecule has 84 valence electrons. The number of hydrogen-bond donors (Lipinski definition) is 3. The van der Waals surface area contributed by atoms with E-state index in [1.165, 1.54) is 6.07 Å². The molecular weight excluding hydrogens is 194 g/mol. The van der Waals surface area contributed by atoms with Gasteiger partial charge in [-0.3, -0.25) is 4.79 Å². The van der Waals surface area contributed by atoms with Crippen LogP contribution in [0.4, 0.5) is 5.69 Å². The summed E-state index contributed by atoms with van der Waals surface area (Å²) >= 11 is 0. The van der Waals surface area contributed by atoms with Crippen LogP contribution in [0, 0.1) is 0 Å². The smallest absolute Gasteiger partial charge is 0.266 e. The zero-order valence-electron chi connectivity index (χ0n) is 8.70. The molecule has 5 heteroatoms. The molecule has 3 N–H and O–H groups in total. The van der Waals surface area contributed by atoms with Gasteiger partial charge < -0.3 is 10.4 Å². The maximum absolute atomic E-state index is 10.9. The van der Waals surface area contributed by atoms with Crippen LogP contribution in [0.15, 0.2) is 17.1 Å². The molecule has 15 heavy (non-hydrogen) atoms. The van der Waals surface area contributed by atoms with Crippen LogP contribution >= 0.6 is 0 Å². The third-order valence-corrected chi connectivity index (χ3v) is 2.08. The van der Waals surface area contributed by atoms with Crippen molar-refractivity contribution >= 4 is 5.69 Å². The van der Waals surface area contributed by atoms with E-state index < -0.39 is 0 Å². The van der Waals surface area contributed by atoms with E-state index in [0.717, 1.165) is 37.9 Å². The van der Waals surface area contributed by atoms with Crippen LogP contribution in [0.25, 0.3) is 0 Å². The highest BCUT2D eigenvalue weighted by atomic mass is 16.2. The third kappa shape index (κ3) is 5.17. The first kappa shape index (κ1) is 11.7. The molecule has 0 amide bonds. The van der Waals surface area contributed by atoms with E-state index in [1.54, 1.807) is 6.20 Å². The van der Waals surface area contributed by atoms with Gasteiger partial charge in [0.05, 0.1) is 11.9 Å². The molecule has 0 atom stereocenters. The molecule has 0 saturated carbocycles. The van der Waals surface area contributed by atoms with E-state index >= 15 is 0 Å². The van der Waals surface area contributed by atoms with Crippen molar-refractivity contribution in [2.75, 3.05) is 18.5 Å². The van der Waals surface area contributed by atoms with E-state index in [-0.39, 0.29) is 12.2 Å². The van der Waals surface area contributed by atoms with Crippen LogP contribution in [-0.2, 0) is 0 Å². The Kier molecular flexibility index (Phi) is 5.47. The van der Waals surface area contributed by atoms with Crippen molar-refractivity contribution in [1.29, 1.82) is 0 Å². The summed E-state index contributed by atoms with van der Waals surface area (Å²) in [5.74, 6) is 0. The molecule has 1 rings (SSSR count). The summed E-state index contributed by atoms with van der Waals surface area (Å²) in [7, 11) is 0. The van der Waals surface area contributed by atoms with Gasteiger partial charge in [0, 0.05) is 19.2 Å². The topological polar surface area (TPSA) is 78.0 Å². The van der Waals surface area contributed by atoms with Gasteiger partial charge in [0.1, 0.15) is 0 Å². The fourth-order valence-electron chi connectivity index (χ4n) is 1.30. The third-order valence-electron chi connectivity index (χ3n) is 2.08. The summed E-state index contributed by atoms with van der Waals surface area (Å²) in [6.45, 7) is 1.10. The molecule has 0 unspecified atom stereocenters. The number of H-pyrrole nitrogens is 1. The zero-order valence-corrected chi connectivity index (χ0v) is 8.70. The quantitative estimate of drug-likeness (QED) is 0.581. The Morgan fingerprint density at radius 2 is 2.13 bits per heavy atom. The Hall–Kier alpha value is -1.36. The first-order valence-electron chi connectivity index (χ1n) is 5.22. The zero-order chi connectivity index (χ0) is 10.9. The molecule has 0 saturated heterocycles. The maximum atomic E-state index is 10.9. The predicted octanol–water partition coefficient (Wildman–Crippen LogP) is 0.734. The lowest BCUT2D eigenvalue weighted by molar-refractivity contribution is 0.283. The summed E-state index contributed by atoms with van der Waals surface area (Å²) in [6, 6.07) is 1.49. The van der Waals surface area contributed by atoms with E-state index in [2.05, 4.69) is 15.5 Å². The lowest BCUT2D eigenvalue weighted by atomic mass is 10.2. The van der Waals surface area contributed by atoms with Gasteiger partial charge in [-0.1, -0.05) is 12.8 Å². The van der Waals surface area contributed by atoms with E-state index in [4.69, 9.17) is 5.11 Å². The minimum absolute atomic E-state index is 0.194. The van der Waals surface area contributed by atoms with Crippen molar-refractivity contribution in [3.8, 4) is 0 Å². The van der Waals surface area contributed by atoms with Crippen molar-refractivity contribution < 1.29 is 5.11 Å². The number of aromatic nitrogens is 2. The molecular formula is C10H17N3O2. The highest BCUT2D eigenvalue weighted by molar-refractivity contribution is 5.38. The Balaban J connectivity index is 2.12. The number of unbranched alkanes of at least 4 members (excludes halogenated alkanes) is 3. The Labute approximate surface area is 88.5 Å². The summed E-state index contributed by atoms with van der Waals surface area (Å²) in [6.07, 6.45) is 5.63. The molecule has 0 aliphatic carbocycles. The first-order chi connectivity index (χ1) is 7.33. The number of aromatic amines is 1. The lowest BCUT2D eigenvalue weighted by Crippen LogP contribution is -2.09. The predicted molar refractivity (Wildman–Crippen MR) is 58.9 cm³/mol. The van der Waals surface area contributed by atoms with Crippen LogP contribution < -0.4 is 10.9 Å². The van der Waals surface area contributed by atoms with Crippen LogP contribution in [0.1, 0.15) is 25.7 Å². The summed E-state index contributed by atoms with van der Waals surface area (Å²) in [5.41, 5.74) is 0.557. The Bertz CT molecular complexity index is 324. The second-order valence-electron chi connectivity index (χ2n) is 3.40. The van der Waals surface area contributed by atoms with Crippen LogP contribution in [0.3, 0.4) is 0 Å². The Morgan fingerprint density at radius 3 is 2.87 bits per heavy atom. The highest BCUT2D eigenvalue weighted by Gasteiger charge is 1.93. The molecule has 5 nitrogen and oxygen atoms in total. The molecule has 0 radical (unpaired) electrons. The van der Waals surface area contributed by atoms with Gasteiger partial charge in [-0.05, 0) is 12.8 Å². The highest BCUT2D eigenvalue weighted by Crippen LogP contribution is 2.02. The van der Waals surface area contributed by atoms with Crippen LogP contribution in [-0.4, -0.2) is 28.5 Å². The number of aliphatic hydroxyl groups excluding tert-OH is 1. The van der Waals surface area contributed by atoms with Gasteiger partial charge in [0.2, 0.25) is 0 Å². The van der Waals surface area contributed by atoms with Crippen molar-refractivity contribution in [2.45, 2.75) is 25.7 Å². The van der Waals surface area contributed by atoms with Crippen molar-refractivity contribution in [1.82, 2.24) is 10.2 Å². The molecule has 1 heterocycles. The van der Waals surface area contributed by atoms with Crippen molar-refractivity contribution in [3.63, 3.8) is 0 Å². The van der Waals surface area contributed by atoms with Gasteiger partial charge in [-0.15, -0.1) is 0 Å². The number of nitrogens with zero attached hydrogens (tertiary/aromatic N) is 1. The largest absolute Gasteiger partial charge is 0.396 e. The molecule has 0 bridgehead atoms. The summed E-state index contributed by atoms with van der Waals surface area (Å²) in [5, 5.41) is 17.7. The monoisotopic (exact) mass is 211 g/mol. The first-order valence-corrected chi connectivity index (χ1v) is 5.22. The van der Waals surface area contributed by atoms with E-state index in [0.29, 0.717) is 0 Å². The average Bonchev–Trinajstić information content (AvgIpc) is 2.23. The summed E-state index contributed by atoms with van der Waals surface area (Å²) < 4.78 is 0. The number of nitrogens with one attached hydrogen (secondary N) is 2.